The largest absolute Gasteiger partial charge is 0.399 e. The van der Waals surface area contributed by atoms with Crippen LogP contribution in [0.3, 0.4) is 0 Å². The minimum Gasteiger partial charge on any atom is -0.399 e. The van der Waals surface area contributed by atoms with Crippen LogP contribution in [-0.4, -0.2) is 26.5 Å². The summed E-state index contributed by atoms with van der Waals surface area (Å²) in [6.45, 7) is 1.66. The molecule has 0 aliphatic rings. The Morgan fingerprint density at radius 2 is 2.33 bits per heavy atom. The van der Waals surface area contributed by atoms with E-state index in [1.165, 1.54) is 12.1 Å². The standard InChI is InChI=1S/C10H11FN6O/c1-5(9-14-16-17-15-9)13-10(18)7-3-2-6(12)4-8(7)11/h2-5H,12H2,1H3,(H,13,18)(H,14,15,16,17). The number of hydrogen-bond acceptors (Lipinski definition) is 5. The molecule has 0 radical (unpaired) electrons. The van der Waals surface area contributed by atoms with Gasteiger partial charge < -0.3 is 11.1 Å². The molecular weight excluding hydrogens is 239 g/mol. The molecule has 1 aromatic heterocycles. The number of hydrogen-bond donors (Lipinski definition) is 3. The van der Waals surface area contributed by atoms with Crippen LogP contribution in [0, 0.1) is 5.82 Å². The molecule has 1 atom stereocenters. The lowest BCUT2D eigenvalue weighted by Crippen LogP contribution is -2.28. The number of benzene rings is 1. The van der Waals surface area contributed by atoms with E-state index in [4.69, 9.17) is 5.73 Å². The highest BCUT2D eigenvalue weighted by Gasteiger charge is 2.17. The van der Waals surface area contributed by atoms with Crippen LogP contribution < -0.4 is 11.1 Å². The number of carbonyl (C=O) groups is 1. The van der Waals surface area contributed by atoms with E-state index in [2.05, 4.69) is 25.9 Å². The monoisotopic (exact) mass is 250 g/mol. The molecule has 0 fully saturated rings. The van der Waals surface area contributed by atoms with Gasteiger partial charge in [-0.1, -0.05) is 5.21 Å². The maximum Gasteiger partial charge on any atom is 0.254 e. The maximum atomic E-state index is 13.5. The van der Waals surface area contributed by atoms with E-state index < -0.39 is 17.8 Å². The summed E-state index contributed by atoms with van der Waals surface area (Å²) in [6.07, 6.45) is 0. The summed E-state index contributed by atoms with van der Waals surface area (Å²) in [4.78, 5) is 11.8. The third kappa shape index (κ3) is 2.42. The van der Waals surface area contributed by atoms with Crippen molar-refractivity contribution in [1.29, 1.82) is 0 Å². The van der Waals surface area contributed by atoms with Gasteiger partial charge in [-0.05, 0) is 25.1 Å². The zero-order chi connectivity index (χ0) is 13.1. The van der Waals surface area contributed by atoms with E-state index in [1.807, 2.05) is 0 Å². The Hall–Kier alpha value is -2.51. The van der Waals surface area contributed by atoms with E-state index in [1.54, 1.807) is 6.92 Å². The quantitative estimate of drug-likeness (QED) is 0.683. The second-order valence-corrected chi connectivity index (χ2v) is 3.70. The van der Waals surface area contributed by atoms with Crippen molar-refractivity contribution in [3.63, 3.8) is 0 Å². The molecule has 4 N–H and O–H groups in total. The highest BCUT2D eigenvalue weighted by Crippen LogP contribution is 2.13. The molecule has 0 aliphatic heterocycles. The number of amides is 1. The molecule has 1 heterocycles. The van der Waals surface area contributed by atoms with Crippen molar-refractivity contribution in [2.24, 2.45) is 0 Å². The van der Waals surface area contributed by atoms with E-state index in [0.717, 1.165) is 6.07 Å². The zero-order valence-electron chi connectivity index (χ0n) is 9.51. The lowest BCUT2D eigenvalue weighted by Gasteiger charge is -2.10. The van der Waals surface area contributed by atoms with Crippen LogP contribution in [-0.2, 0) is 0 Å². The first kappa shape index (κ1) is 12.0. The number of nitrogen functional groups attached to an aromatic ring is 1. The molecular formula is C10H11FN6O. The van der Waals surface area contributed by atoms with E-state index in [-0.39, 0.29) is 11.3 Å². The van der Waals surface area contributed by atoms with Crippen molar-refractivity contribution in [1.82, 2.24) is 25.9 Å². The fraction of sp³-hybridized carbons (Fsp3) is 0.200. The van der Waals surface area contributed by atoms with Gasteiger partial charge in [-0.2, -0.15) is 5.21 Å². The normalized spacial score (nSPS) is 12.1. The van der Waals surface area contributed by atoms with Gasteiger partial charge >= 0.3 is 0 Å². The molecule has 1 aromatic carbocycles. The second kappa shape index (κ2) is 4.78. The van der Waals surface area contributed by atoms with Gasteiger partial charge in [0.15, 0.2) is 5.82 Å². The van der Waals surface area contributed by atoms with Crippen LogP contribution in [0.1, 0.15) is 29.1 Å². The zero-order valence-corrected chi connectivity index (χ0v) is 9.51. The molecule has 0 saturated carbocycles. The van der Waals surface area contributed by atoms with Crippen molar-refractivity contribution in [3.8, 4) is 0 Å². The fourth-order valence-corrected chi connectivity index (χ4v) is 1.41. The van der Waals surface area contributed by atoms with Gasteiger partial charge in [0.25, 0.3) is 5.91 Å². The fourth-order valence-electron chi connectivity index (χ4n) is 1.41. The summed E-state index contributed by atoms with van der Waals surface area (Å²) in [6, 6.07) is 3.39. The minimum absolute atomic E-state index is 0.0838. The summed E-state index contributed by atoms with van der Waals surface area (Å²) in [5.41, 5.74) is 5.58. The molecule has 2 rings (SSSR count). The predicted molar refractivity (Wildman–Crippen MR) is 60.9 cm³/mol. The average molecular weight is 250 g/mol. The number of nitrogens with two attached hydrogens (primary N) is 1. The molecule has 7 nitrogen and oxygen atoms in total. The number of aromatic nitrogens is 4. The lowest BCUT2D eigenvalue weighted by atomic mass is 10.1. The first-order chi connectivity index (χ1) is 8.58. The molecule has 0 spiro atoms. The minimum atomic E-state index is -0.673. The van der Waals surface area contributed by atoms with E-state index in [0.29, 0.717) is 5.82 Å². The van der Waals surface area contributed by atoms with E-state index in [9.17, 15) is 9.18 Å². The SMILES string of the molecule is CC(NC(=O)c1ccc(N)cc1F)c1nn[nH]n1. The van der Waals surface area contributed by atoms with Crippen LogP contribution in [0.5, 0.6) is 0 Å². The highest BCUT2D eigenvalue weighted by atomic mass is 19.1. The molecule has 8 heteroatoms. The Kier molecular flexibility index (Phi) is 3.18. The van der Waals surface area contributed by atoms with Gasteiger partial charge in [0.1, 0.15) is 5.82 Å². The molecule has 2 aromatic rings. The van der Waals surface area contributed by atoms with Crippen LogP contribution in [0.4, 0.5) is 10.1 Å². The number of nitrogens with zero attached hydrogens (tertiary/aromatic N) is 3. The Bertz CT molecular complexity index is 556. The summed E-state index contributed by atoms with van der Waals surface area (Å²) in [5.74, 6) is -0.920. The average Bonchev–Trinajstić information content (AvgIpc) is 2.81. The third-order valence-corrected chi connectivity index (χ3v) is 2.33. The molecule has 94 valence electrons. The second-order valence-electron chi connectivity index (χ2n) is 3.70. The Morgan fingerprint density at radius 1 is 1.56 bits per heavy atom. The number of tetrazole rings is 1. The number of carbonyl (C=O) groups excluding carboxylic acids is 1. The van der Waals surface area contributed by atoms with Crippen molar-refractivity contribution in [2.45, 2.75) is 13.0 Å². The lowest BCUT2D eigenvalue weighted by molar-refractivity contribution is 0.0934. The van der Waals surface area contributed by atoms with Gasteiger partial charge in [-0.3, -0.25) is 4.79 Å². The van der Waals surface area contributed by atoms with Gasteiger partial charge in [-0.15, -0.1) is 10.2 Å². The van der Waals surface area contributed by atoms with Crippen molar-refractivity contribution < 1.29 is 9.18 Å². The smallest absolute Gasteiger partial charge is 0.254 e. The molecule has 0 saturated heterocycles. The van der Waals surface area contributed by atoms with Crippen LogP contribution >= 0.6 is 0 Å². The van der Waals surface area contributed by atoms with E-state index >= 15 is 0 Å². The molecule has 1 amide bonds. The predicted octanol–water partition coefficient (Wildman–Crippen LogP) is 0.412. The van der Waals surface area contributed by atoms with Crippen LogP contribution in [0.15, 0.2) is 18.2 Å². The highest BCUT2D eigenvalue weighted by molar-refractivity contribution is 5.95. The Labute approximate surface area is 102 Å². The number of anilines is 1. The third-order valence-electron chi connectivity index (χ3n) is 2.33. The summed E-state index contributed by atoms with van der Waals surface area (Å²) in [7, 11) is 0. The Morgan fingerprint density at radius 3 is 2.94 bits per heavy atom. The van der Waals surface area contributed by atoms with Crippen LogP contribution in [0.25, 0.3) is 0 Å². The first-order valence-electron chi connectivity index (χ1n) is 5.17. The van der Waals surface area contributed by atoms with Gasteiger partial charge in [0.05, 0.1) is 11.6 Å². The number of halogens is 1. The number of H-pyrrole nitrogens is 1. The molecule has 1 unspecified atom stereocenters. The summed E-state index contributed by atoms with van der Waals surface area (Å²) < 4.78 is 13.5. The number of nitrogens with one attached hydrogen (secondary N) is 2. The number of rotatable bonds is 3. The summed E-state index contributed by atoms with van der Waals surface area (Å²) in [5, 5.41) is 15.6. The topological polar surface area (TPSA) is 110 Å². The van der Waals surface area contributed by atoms with Crippen molar-refractivity contribution in [3.05, 3.63) is 35.4 Å². The maximum absolute atomic E-state index is 13.5. The summed E-state index contributed by atoms with van der Waals surface area (Å²) >= 11 is 0. The van der Waals surface area contributed by atoms with Gasteiger partial charge in [-0.25, -0.2) is 4.39 Å². The Balaban J connectivity index is 2.12. The molecule has 0 aliphatic carbocycles. The molecule has 0 bridgehead atoms. The molecule has 18 heavy (non-hydrogen) atoms. The van der Waals surface area contributed by atoms with Crippen LogP contribution in [0.2, 0.25) is 0 Å². The first-order valence-corrected chi connectivity index (χ1v) is 5.17. The number of aromatic amines is 1. The van der Waals surface area contributed by atoms with Gasteiger partial charge in [0, 0.05) is 5.69 Å². The van der Waals surface area contributed by atoms with Crippen molar-refractivity contribution in [2.75, 3.05) is 5.73 Å². The van der Waals surface area contributed by atoms with Crippen molar-refractivity contribution >= 4 is 11.6 Å². The van der Waals surface area contributed by atoms with Gasteiger partial charge in [0.2, 0.25) is 0 Å².